The number of hydrogen-bond acceptors (Lipinski definition) is 3. The first-order valence-electron chi connectivity index (χ1n) is 10.2. The number of amides is 4. The van der Waals surface area contributed by atoms with Crippen LogP contribution in [0.5, 0.6) is 0 Å². The number of aryl methyl sites for hydroxylation is 1. The number of nitrogens with zero attached hydrogens (tertiary/aromatic N) is 2. The molecule has 1 aliphatic heterocycles. The highest BCUT2D eigenvalue weighted by molar-refractivity contribution is 6.31. The summed E-state index contributed by atoms with van der Waals surface area (Å²) in [6.07, 6.45) is 6.06. The Balaban J connectivity index is 1.71. The number of nitrogens with one attached hydrogen (secondary N) is 1. The van der Waals surface area contributed by atoms with E-state index in [4.69, 9.17) is 0 Å². The lowest BCUT2D eigenvalue weighted by Crippen LogP contribution is -2.58. The number of benzene rings is 1. The van der Waals surface area contributed by atoms with Crippen LogP contribution in [-0.2, 0) is 9.59 Å². The molecule has 2 aliphatic rings. The van der Waals surface area contributed by atoms with Gasteiger partial charge < -0.3 is 4.57 Å². The first-order valence-corrected chi connectivity index (χ1v) is 10.2. The highest BCUT2D eigenvalue weighted by atomic mass is 19.1. The van der Waals surface area contributed by atoms with E-state index in [9.17, 15) is 18.8 Å². The lowest BCUT2D eigenvalue weighted by atomic mass is 9.93. The van der Waals surface area contributed by atoms with Gasteiger partial charge in [-0.2, -0.15) is 0 Å². The molecule has 1 aliphatic carbocycles. The smallest absolute Gasteiger partial charge is 0.318 e. The summed E-state index contributed by atoms with van der Waals surface area (Å²) in [5, 5.41) is 2.31. The van der Waals surface area contributed by atoms with E-state index in [0.717, 1.165) is 43.5 Å². The van der Waals surface area contributed by atoms with Crippen LogP contribution in [0.1, 0.15) is 49.1 Å². The van der Waals surface area contributed by atoms with Gasteiger partial charge in [-0.05, 0) is 62.6 Å². The minimum atomic E-state index is -0.687. The Morgan fingerprint density at radius 1 is 1.07 bits per heavy atom. The van der Waals surface area contributed by atoms with Gasteiger partial charge in [-0.25, -0.2) is 9.18 Å². The summed E-state index contributed by atoms with van der Waals surface area (Å²) < 4.78 is 15.6. The molecule has 0 spiro atoms. The second kappa shape index (κ2) is 7.89. The van der Waals surface area contributed by atoms with Crippen molar-refractivity contribution >= 4 is 23.9 Å². The van der Waals surface area contributed by atoms with Crippen molar-refractivity contribution in [2.24, 2.45) is 0 Å². The van der Waals surface area contributed by atoms with Gasteiger partial charge in [0.15, 0.2) is 0 Å². The van der Waals surface area contributed by atoms with Crippen LogP contribution >= 0.6 is 0 Å². The van der Waals surface area contributed by atoms with Crippen molar-refractivity contribution in [3.8, 4) is 5.69 Å². The molecular formula is C23H24FN3O3. The minimum Gasteiger partial charge on any atom is -0.318 e. The van der Waals surface area contributed by atoms with E-state index in [0.29, 0.717) is 11.3 Å². The van der Waals surface area contributed by atoms with Gasteiger partial charge in [-0.1, -0.05) is 25.3 Å². The molecule has 4 amide bonds. The lowest BCUT2D eigenvalue weighted by molar-refractivity contribution is -0.132. The van der Waals surface area contributed by atoms with Crippen molar-refractivity contribution in [3.63, 3.8) is 0 Å². The topological polar surface area (TPSA) is 71.4 Å². The highest BCUT2D eigenvalue weighted by Gasteiger charge is 2.40. The molecule has 2 fully saturated rings. The Bertz CT molecular complexity index is 1060. The molecule has 1 saturated heterocycles. The number of hydrogen-bond donors (Lipinski definition) is 1. The van der Waals surface area contributed by atoms with Gasteiger partial charge in [0.05, 0.1) is 0 Å². The summed E-state index contributed by atoms with van der Waals surface area (Å²) in [5.41, 5.74) is 2.89. The van der Waals surface area contributed by atoms with Gasteiger partial charge in [0, 0.05) is 23.1 Å². The van der Waals surface area contributed by atoms with Gasteiger partial charge in [-0.3, -0.25) is 19.8 Å². The summed E-state index contributed by atoms with van der Waals surface area (Å²) in [7, 11) is 0. The molecule has 0 radical (unpaired) electrons. The zero-order chi connectivity index (χ0) is 21.4. The molecule has 30 heavy (non-hydrogen) atoms. The highest BCUT2D eigenvalue weighted by Crippen LogP contribution is 2.28. The maximum atomic E-state index is 13.7. The fourth-order valence-electron chi connectivity index (χ4n) is 4.44. The normalized spacial score (nSPS) is 19.5. The van der Waals surface area contributed by atoms with Gasteiger partial charge in [0.25, 0.3) is 11.8 Å². The lowest BCUT2D eigenvalue weighted by Gasteiger charge is -2.35. The molecule has 7 heteroatoms. The summed E-state index contributed by atoms with van der Waals surface area (Å²) in [4.78, 5) is 39.1. The number of rotatable bonds is 3. The zero-order valence-corrected chi connectivity index (χ0v) is 17.1. The molecule has 1 aromatic heterocycles. The molecule has 0 bridgehead atoms. The van der Waals surface area contributed by atoms with E-state index in [1.165, 1.54) is 23.1 Å². The van der Waals surface area contributed by atoms with Crippen molar-refractivity contribution in [3.05, 3.63) is 58.7 Å². The summed E-state index contributed by atoms with van der Waals surface area (Å²) in [5.74, 6) is -1.58. The number of urea groups is 1. The third kappa shape index (κ3) is 3.56. The van der Waals surface area contributed by atoms with Crippen LogP contribution in [0.2, 0.25) is 0 Å². The van der Waals surface area contributed by atoms with Gasteiger partial charge in [0.1, 0.15) is 11.4 Å². The molecule has 4 rings (SSSR count). The number of carbonyl (C=O) groups excluding carboxylic acids is 3. The number of aromatic nitrogens is 1. The quantitative estimate of drug-likeness (QED) is 0.615. The van der Waals surface area contributed by atoms with E-state index in [1.807, 2.05) is 24.5 Å². The Labute approximate surface area is 174 Å². The summed E-state index contributed by atoms with van der Waals surface area (Å²) in [6, 6.07) is 7.26. The fraction of sp³-hybridized carbons (Fsp3) is 0.348. The average molecular weight is 409 g/mol. The molecule has 1 N–H and O–H groups in total. The number of carbonyl (C=O) groups is 3. The number of halogens is 1. The molecule has 0 atom stereocenters. The fourth-order valence-corrected chi connectivity index (χ4v) is 4.44. The predicted octanol–water partition coefficient (Wildman–Crippen LogP) is 4.03. The zero-order valence-electron chi connectivity index (χ0n) is 17.1. The van der Waals surface area contributed by atoms with E-state index >= 15 is 0 Å². The van der Waals surface area contributed by atoms with Crippen LogP contribution in [0.15, 0.2) is 35.9 Å². The molecule has 156 valence electrons. The van der Waals surface area contributed by atoms with Gasteiger partial charge in [0.2, 0.25) is 0 Å². The van der Waals surface area contributed by atoms with Crippen LogP contribution in [-0.4, -0.2) is 33.4 Å². The van der Waals surface area contributed by atoms with Crippen LogP contribution in [0.25, 0.3) is 11.8 Å². The SMILES string of the molecule is Cc1cc(C=C2C(=O)NC(=O)N(C3CCCCC3)C2=O)c(C)n1-c1cccc(F)c1. The number of imide groups is 2. The van der Waals surface area contributed by atoms with Crippen LogP contribution in [0.3, 0.4) is 0 Å². The van der Waals surface area contributed by atoms with Crippen LogP contribution < -0.4 is 5.32 Å². The monoisotopic (exact) mass is 409 g/mol. The van der Waals surface area contributed by atoms with E-state index in [2.05, 4.69) is 5.32 Å². The van der Waals surface area contributed by atoms with Crippen molar-refractivity contribution in [1.82, 2.24) is 14.8 Å². The van der Waals surface area contributed by atoms with Crippen LogP contribution in [0, 0.1) is 19.7 Å². The number of barbiturate groups is 1. The third-order valence-electron chi connectivity index (χ3n) is 5.91. The third-order valence-corrected chi connectivity index (χ3v) is 5.91. The van der Waals surface area contributed by atoms with E-state index in [1.54, 1.807) is 12.1 Å². The van der Waals surface area contributed by atoms with E-state index < -0.39 is 17.8 Å². The molecule has 2 aromatic rings. The molecule has 0 unspecified atom stereocenters. The predicted molar refractivity (Wildman–Crippen MR) is 110 cm³/mol. The molecular weight excluding hydrogens is 385 g/mol. The van der Waals surface area contributed by atoms with Crippen molar-refractivity contribution < 1.29 is 18.8 Å². The van der Waals surface area contributed by atoms with Gasteiger partial charge >= 0.3 is 6.03 Å². The first-order chi connectivity index (χ1) is 14.4. The van der Waals surface area contributed by atoms with Crippen molar-refractivity contribution in [1.29, 1.82) is 0 Å². The van der Waals surface area contributed by atoms with Crippen molar-refractivity contribution in [2.45, 2.75) is 52.0 Å². The molecule has 1 aromatic carbocycles. The second-order valence-corrected chi connectivity index (χ2v) is 7.93. The second-order valence-electron chi connectivity index (χ2n) is 7.93. The molecule has 1 saturated carbocycles. The Morgan fingerprint density at radius 2 is 1.80 bits per heavy atom. The minimum absolute atomic E-state index is 0.0559. The Hall–Kier alpha value is -3.22. The summed E-state index contributed by atoms with van der Waals surface area (Å²) >= 11 is 0. The van der Waals surface area contributed by atoms with E-state index in [-0.39, 0.29) is 17.4 Å². The van der Waals surface area contributed by atoms with Crippen LogP contribution in [0.4, 0.5) is 9.18 Å². The summed E-state index contributed by atoms with van der Waals surface area (Å²) in [6.45, 7) is 3.72. The first kappa shape index (κ1) is 20.1. The van der Waals surface area contributed by atoms with Gasteiger partial charge in [-0.15, -0.1) is 0 Å². The Kier molecular flexibility index (Phi) is 5.28. The standard InChI is InChI=1S/C23H24FN3O3/c1-14-11-16(15(2)26(14)19-10-6-7-17(24)13-19)12-20-21(28)25-23(30)27(22(20)29)18-8-4-3-5-9-18/h6-7,10-13,18H,3-5,8-9H2,1-2H3,(H,25,28,30). The average Bonchev–Trinajstić information content (AvgIpc) is 2.99. The molecule has 2 heterocycles. The molecule has 6 nitrogen and oxygen atoms in total. The Morgan fingerprint density at radius 3 is 2.50 bits per heavy atom. The maximum absolute atomic E-state index is 13.7. The van der Waals surface area contributed by atoms with Crippen molar-refractivity contribution in [2.75, 3.05) is 0 Å². The maximum Gasteiger partial charge on any atom is 0.331 e. The largest absolute Gasteiger partial charge is 0.331 e.